The molecule has 1 unspecified atom stereocenters. The van der Waals surface area contributed by atoms with Crippen molar-refractivity contribution in [2.75, 3.05) is 89.4 Å². The predicted molar refractivity (Wildman–Crippen MR) is 237 cm³/mol. The Bertz CT molecular complexity index is 2520. The summed E-state index contributed by atoms with van der Waals surface area (Å²) in [4.78, 5) is 103. The Balaban J connectivity index is 0.678. The molecule has 0 radical (unpaired) electrons. The zero-order valence-corrected chi connectivity index (χ0v) is 37.3. The van der Waals surface area contributed by atoms with E-state index in [1.807, 2.05) is 0 Å². The van der Waals surface area contributed by atoms with Crippen molar-refractivity contribution in [1.29, 1.82) is 0 Å². The number of fused-ring (bicyclic) bond motifs is 2. The van der Waals surface area contributed by atoms with E-state index in [1.54, 1.807) is 24.3 Å². The summed E-state index contributed by atoms with van der Waals surface area (Å²) in [6.45, 7) is 2.16. The number of carbonyl (C=O) groups excluding carboxylic acids is 8. The van der Waals surface area contributed by atoms with E-state index in [1.165, 1.54) is 23.1 Å². The first kappa shape index (κ1) is 50.1. The molecule has 366 valence electrons. The quantitative estimate of drug-likeness (QED) is 0.0476. The van der Waals surface area contributed by atoms with Gasteiger partial charge in [-0.05, 0) is 71.7 Å². The fourth-order valence-electron chi connectivity index (χ4n) is 7.98. The van der Waals surface area contributed by atoms with E-state index in [4.69, 9.17) is 23.7 Å². The minimum atomic E-state index is -2.36. The lowest BCUT2D eigenvalue weighted by Gasteiger charge is -2.27. The van der Waals surface area contributed by atoms with E-state index in [9.17, 15) is 52.2 Å². The second kappa shape index (κ2) is 23.0. The second-order valence-corrected chi connectivity index (χ2v) is 16.3. The Morgan fingerprint density at radius 2 is 1.42 bits per heavy atom. The highest BCUT2D eigenvalue weighted by atomic mass is 19.1. The van der Waals surface area contributed by atoms with Crippen LogP contribution in [-0.2, 0) is 65.4 Å². The highest BCUT2D eigenvalue weighted by molar-refractivity contribution is 6.24. The largest absolute Gasteiger partial charge is 0.377 e. The minimum absolute atomic E-state index is 0.00603. The summed E-state index contributed by atoms with van der Waals surface area (Å²) < 4.78 is 54.4. The monoisotopic (exact) mass is 960 g/mol. The van der Waals surface area contributed by atoms with Crippen LogP contribution < -0.4 is 26.2 Å². The molecule has 69 heavy (non-hydrogen) atoms. The third-order valence-electron chi connectivity index (χ3n) is 11.5. The molecular weight excluding hydrogens is 911 g/mol. The van der Waals surface area contributed by atoms with Crippen LogP contribution in [0.2, 0.25) is 0 Å². The van der Waals surface area contributed by atoms with Crippen LogP contribution in [0.4, 0.5) is 20.2 Å². The number of ether oxygens (including phenoxy) is 5. The number of benzene rings is 3. The molecule has 3 aliphatic heterocycles. The Labute approximate surface area is 393 Å². The lowest BCUT2D eigenvalue weighted by molar-refractivity contribution is -0.149. The zero-order valence-electron chi connectivity index (χ0n) is 37.3. The van der Waals surface area contributed by atoms with E-state index in [0.29, 0.717) is 56.8 Å². The van der Waals surface area contributed by atoms with Gasteiger partial charge >= 0.3 is 0 Å². The first-order chi connectivity index (χ1) is 33.2. The topological polar surface area (TPSA) is 258 Å². The number of aliphatic hydroxyl groups is 1. The van der Waals surface area contributed by atoms with Crippen molar-refractivity contribution in [3.63, 3.8) is 0 Å². The molecule has 1 aliphatic carbocycles. The Hall–Kier alpha value is -6.82. The molecule has 0 bridgehead atoms. The number of piperidine rings is 1. The van der Waals surface area contributed by atoms with Crippen molar-refractivity contribution in [1.82, 2.24) is 20.9 Å². The fraction of sp³-hybridized carbons (Fsp3) is 0.404. The van der Waals surface area contributed by atoms with Crippen LogP contribution in [0.1, 0.15) is 56.7 Å². The van der Waals surface area contributed by atoms with Crippen LogP contribution >= 0.6 is 0 Å². The Morgan fingerprint density at radius 1 is 0.768 bits per heavy atom. The lowest BCUT2D eigenvalue weighted by atomic mass is 10.0. The molecule has 3 heterocycles. The molecule has 20 nitrogen and oxygen atoms in total. The molecule has 0 aromatic heterocycles. The van der Waals surface area contributed by atoms with Crippen molar-refractivity contribution in [3.05, 3.63) is 99.6 Å². The summed E-state index contributed by atoms with van der Waals surface area (Å²) in [5, 5.41) is 21.0. The van der Waals surface area contributed by atoms with E-state index >= 15 is 0 Å². The molecule has 3 aromatic rings. The van der Waals surface area contributed by atoms with E-state index < -0.39 is 64.6 Å². The number of nitrogens with zero attached hydrogens (tertiary/aromatic N) is 2. The van der Waals surface area contributed by atoms with Gasteiger partial charge in [0.2, 0.25) is 29.2 Å². The molecule has 8 amide bonds. The highest BCUT2D eigenvalue weighted by Gasteiger charge is 2.52. The van der Waals surface area contributed by atoms with Crippen molar-refractivity contribution in [2.24, 2.45) is 0 Å². The SMILES string of the molecule is O=C1CCC(N2C(=O)c3ccc(NC(=O)COCCOCCOCCOCCOCCNC(=O)C4=Cc5cc(N6CC[C@](O)(C(=O)NCc7cc(F)cc(F)c7)C6=O)ccc5C4)cc3C2=O)C(=O)N1. The van der Waals surface area contributed by atoms with E-state index in [-0.39, 0.29) is 100 Å². The molecule has 5 N–H and O–H groups in total. The number of nitrogens with one attached hydrogen (secondary N) is 4. The van der Waals surface area contributed by atoms with Crippen LogP contribution in [0.5, 0.6) is 0 Å². The first-order valence-electron chi connectivity index (χ1n) is 22.2. The van der Waals surface area contributed by atoms with Gasteiger partial charge in [-0.1, -0.05) is 6.07 Å². The number of imide groups is 2. The van der Waals surface area contributed by atoms with Gasteiger partial charge in [0.25, 0.3) is 23.6 Å². The summed E-state index contributed by atoms with van der Waals surface area (Å²) in [6.07, 6.45) is 1.94. The van der Waals surface area contributed by atoms with Crippen LogP contribution in [0.15, 0.2) is 60.2 Å². The van der Waals surface area contributed by atoms with E-state index in [0.717, 1.165) is 28.2 Å². The van der Waals surface area contributed by atoms with Gasteiger partial charge in [0.15, 0.2) is 0 Å². The van der Waals surface area contributed by atoms with E-state index in [2.05, 4.69) is 21.3 Å². The highest BCUT2D eigenvalue weighted by Crippen LogP contribution is 2.34. The maximum Gasteiger partial charge on any atom is 0.268 e. The number of anilines is 2. The molecule has 2 saturated heterocycles. The van der Waals surface area contributed by atoms with Crippen molar-refractivity contribution in [2.45, 2.75) is 43.9 Å². The molecular formula is C47H50F2N6O14. The average Bonchev–Trinajstić information content (AvgIpc) is 3.96. The summed E-state index contributed by atoms with van der Waals surface area (Å²) in [5.41, 5.74) is 0.704. The van der Waals surface area contributed by atoms with Crippen molar-refractivity contribution in [3.8, 4) is 0 Å². The third kappa shape index (κ3) is 12.5. The van der Waals surface area contributed by atoms with Crippen LogP contribution in [0, 0.1) is 11.6 Å². The van der Waals surface area contributed by atoms with Crippen LogP contribution in [0.3, 0.4) is 0 Å². The second-order valence-electron chi connectivity index (χ2n) is 16.3. The number of carbonyl (C=O) groups is 8. The molecule has 0 saturated carbocycles. The van der Waals surface area contributed by atoms with Crippen molar-refractivity contribution >= 4 is 64.7 Å². The smallest absolute Gasteiger partial charge is 0.268 e. The van der Waals surface area contributed by atoms with Gasteiger partial charge in [0.05, 0.1) is 70.6 Å². The fourth-order valence-corrected chi connectivity index (χ4v) is 7.98. The first-order valence-corrected chi connectivity index (χ1v) is 22.2. The summed E-state index contributed by atoms with van der Waals surface area (Å²) >= 11 is 0. The number of hydrogen-bond acceptors (Lipinski definition) is 14. The number of amides is 8. The molecule has 0 spiro atoms. The number of halogens is 2. The van der Waals surface area contributed by atoms with Gasteiger partial charge < -0.3 is 49.6 Å². The summed E-state index contributed by atoms with van der Waals surface area (Å²) in [6, 6.07) is 11.1. The predicted octanol–water partition coefficient (Wildman–Crippen LogP) is 0.928. The molecule has 2 fully saturated rings. The normalized spacial score (nSPS) is 18.6. The Kier molecular flexibility index (Phi) is 16.7. The number of rotatable bonds is 24. The van der Waals surface area contributed by atoms with Gasteiger partial charge in [-0.15, -0.1) is 0 Å². The molecule has 4 aliphatic rings. The van der Waals surface area contributed by atoms with Crippen LogP contribution in [-0.4, -0.2) is 148 Å². The van der Waals surface area contributed by atoms with Gasteiger partial charge in [-0.3, -0.25) is 48.6 Å². The number of hydrogen-bond donors (Lipinski definition) is 5. The molecule has 7 rings (SSSR count). The van der Waals surface area contributed by atoms with Gasteiger partial charge in [0.1, 0.15) is 24.3 Å². The maximum absolute atomic E-state index is 13.5. The van der Waals surface area contributed by atoms with Gasteiger partial charge in [-0.2, -0.15) is 0 Å². The standard InChI is InChI=1S/C47H50F2N6O14/c48-32-19-28(20-33(49)24-32)26-51-45(62)47(64)7-9-54(46(47)63)35-3-1-29-21-31(22-30(29)23-35)41(58)50-8-10-65-11-12-66-13-14-67-15-16-68-17-18-69-27-40(57)52-34-2-4-36-37(25-34)44(61)55(43(36)60)38-5-6-39(56)53-42(38)59/h1-4,19-20,22-25,38,64H,5-18,21,26-27H2,(H,50,58)(H,51,62)(H,52,57)(H,53,56,59)/t38?,47-/m0/s1. The third-order valence-corrected chi connectivity index (χ3v) is 11.5. The lowest BCUT2D eigenvalue weighted by Crippen LogP contribution is -2.54. The minimum Gasteiger partial charge on any atom is -0.377 e. The van der Waals surface area contributed by atoms with Crippen LogP contribution in [0.25, 0.3) is 6.08 Å². The molecule has 3 aromatic carbocycles. The summed E-state index contributed by atoms with van der Waals surface area (Å²) in [7, 11) is 0. The average molecular weight is 961 g/mol. The zero-order chi connectivity index (χ0) is 49.1. The van der Waals surface area contributed by atoms with Gasteiger partial charge in [0, 0.05) is 61.9 Å². The molecule has 22 heteroatoms. The van der Waals surface area contributed by atoms with Crippen molar-refractivity contribution < 1.29 is 75.9 Å². The Morgan fingerprint density at radius 3 is 2.10 bits per heavy atom. The summed E-state index contributed by atoms with van der Waals surface area (Å²) in [5.74, 6) is -6.73. The maximum atomic E-state index is 13.5. The molecule has 2 atom stereocenters. The van der Waals surface area contributed by atoms with Gasteiger partial charge in [-0.25, -0.2) is 8.78 Å².